The van der Waals surface area contributed by atoms with Crippen molar-refractivity contribution in [3.8, 4) is 12.3 Å². The van der Waals surface area contributed by atoms with Crippen LogP contribution in [0.15, 0.2) is 35.3 Å². The van der Waals surface area contributed by atoms with Gasteiger partial charge in [0.1, 0.15) is 0 Å². The van der Waals surface area contributed by atoms with E-state index in [0.29, 0.717) is 6.54 Å². The topological polar surface area (TPSA) is 30.9 Å². The number of terminal acetylenes is 1. The normalized spacial score (nSPS) is 16.1. The van der Waals surface area contributed by atoms with E-state index in [4.69, 9.17) is 6.42 Å². The summed E-state index contributed by atoms with van der Waals surface area (Å²) in [5.74, 6) is 3.47. The Kier molecular flexibility index (Phi) is 4.68. The largest absolute Gasteiger partial charge is 0.368 e. The number of hydrogen-bond acceptors (Lipinski definition) is 2. The summed E-state index contributed by atoms with van der Waals surface area (Å²) in [6.45, 7) is 4.44. The van der Waals surface area contributed by atoms with Gasteiger partial charge in [0.2, 0.25) is 0 Å². The van der Waals surface area contributed by atoms with Crippen LogP contribution in [0.4, 0.5) is 5.69 Å². The Morgan fingerprint density at radius 1 is 1.26 bits per heavy atom. The van der Waals surface area contributed by atoms with Gasteiger partial charge in [-0.25, -0.2) is 0 Å². The highest BCUT2D eigenvalue weighted by molar-refractivity contribution is 5.80. The minimum Gasteiger partial charge on any atom is -0.368 e. The van der Waals surface area contributed by atoms with Crippen molar-refractivity contribution in [1.82, 2.24) is 10.2 Å². The lowest BCUT2D eigenvalue weighted by Gasteiger charge is -2.37. The van der Waals surface area contributed by atoms with E-state index in [1.807, 2.05) is 6.07 Å². The van der Waals surface area contributed by atoms with E-state index in [0.717, 1.165) is 32.1 Å². The molecule has 4 nitrogen and oxygen atoms in total. The average Bonchev–Trinajstić information content (AvgIpc) is 2.49. The molecule has 1 heterocycles. The van der Waals surface area contributed by atoms with E-state index in [-0.39, 0.29) is 0 Å². The van der Waals surface area contributed by atoms with Crippen LogP contribution in [0.5, 0.6) is 0 Å². The lowest BCUT2D eigenvalue weighted by molar-refractivity contribution is 0.374. The number of benzene rings is 1. The first-order chi connectivity index (χ1) is 9.35. The third-order valence-corrected chi connectivity index (χ3v) is 3.26. The number of para-hydroxylation sites is 1. The summed E-state index contributed by atoms with van der Waals surface area (Å²) in [7, 11) is 1.79. The van der Waals surface area contributed by atoms with Crippen LogP contribution in [0.2, 0.25) is 0 Å². The van der Waals surface area contributed by atoms with Crippen LogP contribution < -0.4 is 10.2 Å². The molecule has 19 heavy (non-hydrogen) atoms. The molecule has 2 rings (SSSR count). The molecule has 1 fully saturated rings. The second-order valence-corrected chi connectivity index (χ2v) is 4.41. The molecule has 1 aliphatic rings. The Morgan fingerprint density at radius 3 is 2.53 bits per heavy atom. The van der Waals surface area contributed by atoms with Crippen molar-refractivity contribution in [3.63, 3.8) is 0 Å². The molecule has 0 unspecified atom stereocenters. The van der Waals surface area contributed by atoms with Crippen LogP contribution in [-0.2, 0) is 0 Å². The maximum Gasteiger partial charge on any atom is 0.194 e. The number of piperazine rings is 1. The highest BCUT2D eigenvalue weighted by atomic mass is 15.3. The Labute approximate surface area is 115 Å². The van der Waals surface area contributed by atoms with Gasteiger partial charge in [0, 0.05) is 38.9 Å². The molecule has 4 heteroatoms. The third-order valence-electron chi connectivity index (χ3n) is 3.26. The van der Waals surface area contributed by atoms with Crippen LogP contribution in [0, 0.1) is 12.3 Å². The first-order valence-electron chi connectivity index (χ1n) is 6.54. The zero-order valence-electron chi connectivity index (χ0n) is 11.3. The van der Waals surface area contributed by atoms with Crippen molar-refractivity contribution in [2.45, 2.75) is 0 Å². The molecular weight excluding hydrogens is 236 g/mol. The molecule has 1 saturated heterocycles. The summed E-state index contributed by atoms with van der Waals surface area (Å²) in [5, 5.41) is 3.16. The molecule has 1 N–H and O–H groups in total. The van der Waals surface area contributed by atoms with Crippen LogP contribution in [0.25, 0.3) is 0 Å². The lowest BCUT2D eigenvalue weighted by atomic mass is 10.2. The van der Waals surface area contributed by atoms with E-state index >= 15 is 0 Å². The smallest absolute Gasteiger partial charge is 0.194 e. The molecule has 0 aromatic heterocycles. The van der Waals surface area contributed by atoms with Gasteiger partial charge in [-0.3, -0.25) is 4.99 Å². The lowest BCUT2D eigenvalue weighted by Crippen LogP contribution is -2.52. The minimum atomic E-state index is 0.519. The predicted octanol–water partition coefficient (Wildman–Crippen LogP) is 1.02. The van der Waals surface area contributed by atoms with Gasteiger partial charge in [0.25, 0.3) is 0 Å². The van der Waals surface area contributed by atoms with Crippen molar-refractivity contribution in [3.05, 3.63) is 30.3 Å². The monoisotopic (exact) mass is 256 g/mol. The molecule has 1 aliphatic heterocycles. The number of nitrogens with one attached hydrogen (secondary N) is 1. The summed E-state index contributed by atoms with van der Waals surface area (Å²) >= 11 is 0. The minimum absolute atomic E-state index is 0.519. The quantitative estimate of drug-likeness (QED) is 0.487. The fourth-order valence-corrected chi connectivity index (χ4v) is 2.28. The first-order valence-corrected chi connectivity index (χ1v) is 6.54. The molecule has 0 amide bonds. The van der Waals surface area contributed by atoms with Gasteiger partial charge in [-0.1, -0.05) is 24.1 Å². The first kappa shape index (κ1) is 13.3. The fraction of sp³-hybridized carbons (Fsp3) is 0.400. The molecule has 0 atom stereocenters. The molecule has 1 aromatic rings. The third kappa shape index (κ3) is 3.41. The Balaban J connectivity index is 1.90. The van der Waals surface area contributed by atoms with E-state index < -0.39 is 0 Å². The van der Waals surface area contributed by atoms with Crippen molar-refractivity contribution in [2.24, 2.45) is 4.99 Å². The number of rotatable bonds is 2. The van der Waals surface area contributed by atoms with Crippen LogP contribution in [0.3, 0.4) is 0 Å². The molecule has 100 valence electrons. The van der Waals surface area contributed by atoms with Crippen LogP contribution in [0.1, 0.15) is 0 Å². The van der Waals surface area contributed by atoms with Gasteiger partial charge in [-0.15, -0.1) is 6.42 Å². The fourth-order valence-electron chi connectivity index (χ4n) is 2.28. The molecule has 0 aliphatic carbocycles. The van der Waals surface area contributed by atoms with E-state index in [1.165, 1.54) is 5.69 Å². The summed E-state index contributed by atoms with van der Waals surface area (Å²) in [6.07, 6.45) is 5.26. The molecule has 0 spiro atoms. The summed E-state index contributed by atoms with van der Waals surface area (Å²) in [6, 6.07) is 10.5. The van der Waals surface area contributed by atoms with E-state index in [9.17, 15) is 0 Å². The maximum absolute atomic E-state index is 5.26. The van der Waals surface area contributed by atoms with Crippen LogP contribution in [-0.4, -0.2) is 50.6 Å². The molecule has 0 bridgehead atoms. The summed E-state index contributed by atoms with van der Waals surface area (Å²) < 4.78 is 0. The SMILES string of the molecule is C#CCNC(=NC)N1CCN(c2ccccc2)CC1. The van der Waals surface area contributed by atoms with Gasteiger partial charge in [-0.05, 0) is 12.1 Å². The van der Waals surface area contributed by atoms with Gasteiger partial charge >= 0.3 is 0 Å². The van der Waals surface area contributed by atoms with Gasteiger partial charge in [0.15, 0.2) is 5.96 Å². The Hall–Kier alpha value is -2.15. The number of guanidine groups is 1. The van der Waals surface area contributed by atoms with Crippen molar-refractivity contribution in [1.29, 1.82) is 0 Å². The molecule has 1 aromatic carbocycles. The average molecular weight is 256 g/mol. The summed E-state index contributed by atoms with van der Waals surface area (Å²) in [4.78, 5) is 8.91. The second-order valence-electron chi connectivity index (χ2n) is 4.41. The van der Waals surface area contributed by atoms with Crippen molar-refractivity contribution < 1.29 is 0 Å². The number of hydrogen-bond donors (Lipinski definition) is 1. The predicted molar refractivity (Wildman–Crippen MR) is 80.4 cm³/mol. The zero-order valence-corrected chi connectivity index (χ0v) is 11.3. The highest BCUT2D eigenvalue weighted by Crippen LogP contribution is 2.15. The van der Waals surface area contributed by atoms with Gasteiger partial charge in [0.05, 0.1) is 6.54 Å². The van der Waals surface area contributed by atoms with Crippen LogP contribution >= 0.6 is 0 Å². The van der Waals surface area contributed by atoms with E-state index in [2.05, 4.69) is 50.3 Å². The van der Waals surface area contributed by atoms with Crippen molar-refractivity contribution >= 4 is 11.6 Å². The standard InChI is InChI=1S/C15H20N4/c1-3-9-17-15(16-2)19-12-10-18(11-13-19)14-7-5-4-6-8-14/h1,4-8H,9-13H2,2H3,(H,16,17). The second kappa shape index (κ2) is 6.69. The van der Waals surface area contributed by atoms with Gasteiger partial charge in [-0.2, -0.15) is 0 Å². The highest BCUT2D eigenvalue weighted by Gasteiger charge is 2.19. The Morgan fingerprint density at radius 2 is 1.95 bits per heavy atom. The number of nitrogens with zero attached hydrogens (tertiary/aromatic N) is 3. The molecular formula is C15H20N4. The molecule has 0 radical (unpaired) electrons. The summed E-state index contributed by atoms with van der Waals surface area (Å²) in [5.41, 5.74) is 1.29. The number of aliphatic imine (C=N–C) groups is 1. The van der Waals surface area contributed by atoms with E-state index in [1.54, 1.807) is 7.05 Å². The van der Waals surface area contributed by atoms with Crippen molar-refractivity contribution in [2.75, 3.05) is 44.7 Å². The Bertz CT molecular complexity index is 453. The zero-order chi connectivity index (χ0) is 13.5. The number of anilines is 1. The maximum atomic E-state index is 5.26. The van der Waals surface area contributed by atoms with Gasteiger partial charge < -0.3 is 15.1 Å². The molecule has 0 saturated carbocycles.